The molecule has 0 amide bonds. The normalized spacial score (nSPS) is 13.4. The highest BCUT2D eigenvalue weighted by molar-refractivity contribution is 5.00. The van der Waals surface area contributed by atoms with E-state index < -0.39 is 18.8 Å². The van der Waals surface area contributed by atoms with Crippen molar-refractivity contribution < 1.29 is 17.6 Å². The zero-order chi connectivity index (χ0) is 9.61. The van der Waals surface area contributed by atoms with Gasteiger partial charge in [0.15, 0.2) is 0 Å². The number of rotatable bonds is 2. The summed E-state index contributed by atoms with van der Waals surface area (Å²) in [6, 6.07) is 0. The Kier molecular flexibility index (Phi) is 4.72. The Morgan fingerprint density at radius 2 is 1.83 bits per heavy atom. The van der Waals surface area contributed by atoms with Crippen molar-refractivity contribution in [2.45, 2.75) is 38.5 Å². The van der Waals surface area contributed by atoms with E-state index in [9.17, 15) is 17.6 Å². The fourth-order valence-corrected chi connectivity index (χ4v) is 0.491. The van der Waals surface area contributed by atoms with E-state index in [4.69, 9.17) is 0 Å². The summed E-state index contributed by atoms with van der Waals surface area (Å²) in [5.41, 5.74) is 0. The van der Waals surface area contributed by atoms with E-state index in [0.717, 1.165) is 6.42 Å². The molecule has 70 valence electrons. The third-order valence-electron chi connectivity index (χ3n) is 1.14. The molecule has 0 bridgehead atoms. The highest BCUT2D eigenvalue weighted by Crippen LogP contribution is 2.24. The zero-order valence-electron chi connectivity index (χ0n) is 6.71. The van der Waals surface area contributed by atoms with E-state index in [1.54, 1.807) is 0 Å². The molecule has 1 unspecified atom stereocenters. The van der Waals surface area contributed by atoms with Gasteiger partial charge in [0, 0.05) is 12.8 Å². The molecule has 0 rings (SSSR count). The Morgan fingerprint density at radius 1 is 1.25 bits per heavy atom. The molecule has 4 heteroatoms. The molecule has 0 aliphatic rings. The second-order valence-electron chi connectivity index (χ2n) is 2.32. The van der Waals surface area contributed by atoms with Gasteiger partial charge in [-0.15, -0.1) is 5.92 Å². The zero-order valence-corrected chi connectivity index (χ0v) is 6.71. The fourth-order valence-electron chi connectivity index (χ4n) is 0.491. The van der Waals surface area contributed by atoms with Crippen LogP contribution in [0.15, 0.2) is 0 Å². The monoisotopic (exact) mass is 182 g/mol. The van der Waals surface area contributed by atoms with E-state index >= 15 is 0 Å². The summed E-state index contributed by atoms with van der Waals surface area (Å²) in [6.07, 6.45) is -7.02. The van der Waals surface area contributed by atoms with Crippen molar-refractivity contribution in [2.24, 2.45) is 0 Å². The van der Waals surface area contributed by atoms with Crippen LogP contribution in [-0.2, 0) is 0 Å². The van der Waals surface area contributed by atoms with Crippen molar-refractivity contribution in [3.8, 4) is 11.8 Å². The maximum Gasteiger partial charge on any atom is 0.420 e. The predicted molar refractivity (Wildman–Crippen MR) is 38.3 cm³/mol. The van der Waals surface area contributed by atoms with Crippen molar-refractivity contribution in [3.05, 3.63) is 0 Å². The molecule has 0 saturated carbocycles. The standard InChI is InChI=1S/C8H10F4/c1-2-3-4-5-6-7(9)8(10,11)12/h7H,2-3,6H2,1H3. The lowest BCUT2D eigenvalue weighted by atomic mass is 10.2. The summed E-state index contributed by atoms with van der Waals surface area (Å²) in [5, 5.41) is 0. The van der Waals surface area contributed by atoms with Crippen LogP contribution in [0.5, 0.6) is 0 Å². The van der Waals surface area contributed by atoms with E-state index in [2.05, 4.69) is 11.8 Å². The molecule has 0 saturated heterocycles. The van der Waals surface area contributed by atoms with Gasteiger partial charge in [-0.1, -0.05) is 12.8 Å². The topological polar surface area (TPSA) is 0 Å². The Hall–Kier alpha value is -0.720. The smallest absolute Gasteiger partial charge is 0.236 e. The number of alkyl halides is 4. The molecule has 0 aromatic rings. The summed E-state index contributed by atoms with van der Waals surface area (Å²) in [7, 11) is 0. The van der Waals surface area contributed by atoms with Crippen molar-refractivity contribution in [1.29, 1.82) is 0 Å². The average molecular weight is 182 g/mol. The lowest BCUT2D eigenvalue weighted by Gasteiger charge is -2.07. The number of hydrogen-bond acceptors (Lipinski definition) is 0. The molecule has 0 aromatic heterocycles. The summed E-state index contributed by atoms with van der Waals surface area (Å²) in [5.74, 6) is 4.60. The Morgan fingerprint density at radius 3 is 2.25 bits per heavy atom. The minimum atomic E-state index is -4.76. The van der Waals surface area contributed by atoms with Gasteiger partial charge in [-0.05, 0) is 6.42 Å². The van der Waals surface area contributed by atoms with Gasteiger partial charge in [0.25, 0.3) is 0 Å². The molecule has 0 spiro atoms. The Bertz CT molecular complexity index is 172. The maximum atomic E-state index is 12.1. The molecule has 0 aliphatic heterocycles. The summed E-state index contributed by atoms with van der Waals surface area (Å²) in [4.78, 5) is 0. The van der Waals surface area contributed by atoms with Crippen LogP contribution in [0.3, 0.4) is 0 Å². The van der Waals surface area contributed by atoms with Crippen LogP contribution >= 0.6 is 0 Å². The molecule has 0 aromatic carbocycles. The lowest BCUT2D eigenvalue weighted by molar-refractivity contribution is -0.178. The van der Waals surface area contributed by atoms with Crippen molar-refractivity contribution in [1.82, 2.24) is 0 Å². The maximum absolute atomic E-state index is 12.1. The molecular formula is C8H10F4. The first-order chi connectivity index (χ1) is 5.48. The summed E-state index contributed by atoms with van der Waals surface area (Å²) < 4.78 is 46.7. The second-order valence-corrected chi connectivity index (χ2v) is 2.32. The number of hydrogen-bond donors (Lipinski definition) is 0. The molecule has 0 N–H and O–H groups in total. The van der Waals surface area contributed by atoms with Crippen LogP contribution in [0.1, 0.15) is 26.2 Å². The lowest BCUT2D eigenvalue weighted by Crippen LogP contribution is -2.23. The van der Waals surface area contributed by atoms with Gasteiger partial charge >= 0.3 is 6.18 Å². The van der Waals surface area contributed by atoms with E-state index in [0.29, 0.717) is 6.42 Å². The van der Waals surface area contributed by atoms with Gasteiger partial charge in [-0.2, -0.15) is 13.2 Å². The minimum absolute atomic E-state index is 0.518. The highest BCUT2D eigenvalue weighted by atomic mass is 19.4. The molecule has 0 aliphatic carbocycles. The van der Waals surface area contributed by atoms with Crippen LogP contribution < -0.4 is 0 Å². The second kappa shape index (κ2) is 5.02. The van der Waals surface area contributed by atoms with Crippen LogP contribution in [0, 0.1) is 11.8 Å². The first-order valence-corrected chi connectivity index (χ1v) is 3.65. The summed E-state index contributed by atoms with van der Waals surface area (Å²) >= 11 is 0. The predicted octanol–water partition coefficient (Wildman–Crippen LogP) is 3.08. The Labute approximate surface area is 69.0 Å². The molecule has 0 nitrogen and oxygen atoms in total. The van der Waals surface area contributed by atoms with E-state index in [1.165, 1.54) is 0 Å². The Balaban J connectivity index is 3.73. The van der Waals surface area contributed by atoms with Crippen LogP contribution in [0.2, 0.25) is 0 Å². The third-order valence-corrected chi connectivity index (χ3v) is 1.14. The van der Waals surface area contributed by atoms with Gasteiger partial charge in [0.2, 0.25) is 6.17 Å². The molecule has 1 atom stereocenters. The SMILES string of the molecule is CCCC#CCC(F)C(F)(F)F. The highest BCUT2D eigenvalue weighted by Gasteiger charge is 2.39. The summed E-state index contributed by atoms with van der Waals surface area (Å²) in [6.45, 7) is 1.85. The number of halogens is 4. The first kappa shape index (κ1) is 11.3. The van der Waals surface area contributed by atoms with E-state index in [1.807, 2.05) is 6.92 Å². The molecular weight excluding hydrogens is 172 g/mol. The van der Waals surface area contributed by atoms with Crippen LogP contribution in [0.4, 0.5) is 17.6 Å². The van der Waals surface area contributed by atoms with Crippen LogP contribution in [0.25, 0.3) is 0 Å². The van der Waals surface area contributed by atoms with Gasteiger partial charge < -0.3 is 0 Å². The van der Waals surface area contributed by atoms with Gasteiger partial charge in [0.05, 0.1) is 0 Å². The van der Waals surface area contributed by atoms with E-state index in [-0.39, 0.29) is 0 Å². The van der Waals surface area contributed by atoms with Gasteiger partial charge in [0.1, 0.15) is 0 Å². The number of unbranched alkanes of at least 4 members (excludes halogenated alkanes) is 1. The van der Waals surface area contributed by atoms with Gasteiger partial charge in [-0.25, -0.2) is 4.39 Å². The minimum Gasteiger partial charge on any atom is -0.236 e. The molecule has 0 radical (unpaired) electrons. The first-order valence-electron chi connectivity index (χ1n) is 3.65. The van der Waals surface area contributed by atoms with Crippen LogP contribution in [-0.4, -0.2) is 12.3 Å². The molecule has 12 heavy (non-hydrogen) atoms. The van der Waals surface area contributed by atoms with Crippen molar-refractivity contribution in [2.75, 3.05) is 0 Å². The van der Waals surface area contributed by atoms with Gasteiger partial charge in [-0.3, -0.25) is 0 Å². The average Bonchev–Trinajstić information content (AvgIpc) is 1.96. The third kappa shape index (κ3) is 5.00. The largest absolute Gasteiger partial charge is 0.420 e. The molecule has 0 fully saturated rings. The van der Waals surface area contributed by atoms with Crippen molar-refractivity contribution >= 4 is 0 Å². The quantitative estimate of drug-likeness (QED) is 0.454. The molecule has 0 heterocycles. The van der Waals surface area contributed by atoms with Crippen molar-refractivity contribution in [3.63, 3.8) is 0 Å². The fraction of sp³-hybridized carbons (Fsp3) is 0.750.